The van der Waals surface area contributed by atoms with E-state index in [0.29, 0.717) is 25.6 Å². The molecule has 0 spiro atoms. The fourth-order valence-electron chi connectivity index (χ4n) is 3.12. The molecule has 2 fully saturated rings. The summed E-state index contributed by atoms with van der Waals surface area (Å²) in [7, 11) is 0. The van der Waals surface area contributed by atoms with Crippen molar-refractivity contribution in [1.29, 1.82) is 0 Å². The largest absolute Gasteiger partial charge is 0.332 e. The zero-order valence-corrected chi connectivity index (χ0v) is 11.6. The van der Waals surface area contributed by atoms with Crippen LogP contribution in [0.5, 0.6) is 0 Å². The highest BCUT2D eigenvalue weighted by molar-refractivity contribution is 5.82. The van der Waals surface area contributed by atoms with Gasteiger partial charge in [0.1, 0.15) is 5.82 Å². The fourth-order valence-corrected chi connectivity index (χ4v) is 3.12. The maximum absolute atomic E-state index is 13.2. The van der Waals surface area contributed by atoms with Gasteiger partial charge in [0.25, 0.3) is 5.92 Å². The molecule has 2 aliphatic heterocycles. The first-order valence-electron chi connectivity index (χ1n) is 7.35. The van der Waals surface area contributed by atoms with Crippen LogP contribution in [0.3, 0.4) is 0 Å². The number of hydrogen-bond acceptors (Lipinski definition) is 4. The smallest absolute Gasteiger partial charge is 0.262 e. The quantitative estimate of drug-likeness (QED) is 0.863. The molecule has 1 amide bonds. The highest BCUT2D eigenvalue weighted by Gasteiger charge is 2.44. The van der Waals surface area contributed by atoms with E-state index in [9.17, 15) is 13.6 Å². The number of carbonyl (C=O) groups excluding carboxylic acids is 1. The van der Waals surface area contributed by atoms with Crippen LogP contribution in [0, 0.1) is 0 Å². The third-order valence-electron chi connectivity index (χ3n) is 4.44. The Labute approximate surface area is 120 Å². The predicted octanol–water partition coefficient (Wildman–Crippen LogP) is 0.495. The lowest BCUT2D eigenvalue weighted by Crippen LogP contribution is -2.46. The first kappa shape index (κ1) is 13.1. The van der Waals surface area contributed by atoms with Crippen LogP contribution in [0.1, 0.15) is 36.8 Å². The average Bonchev–Trinajstić information content (AvgIpc) is 3.11. The molecule has 1 aromatic rings. The van der Waals surface area contributed by atoms with Crippen molar-refractivity contribution in [2.45, 2.75) is 50.2 Å². The Morgan fingerprint density at radius 2 is 2.10 bits per heavy atom. The lowest BCUT2D eigenvalue weighted by Gasteiger charge is -2.29. The van der Waals surface area contributed by atoms with Gasteiger partial charge in [0.15, 0.2) is 5.82 Å². The summed E-state index contributed by atoms with van der Waals surface area (Å²) in [5, 5.41) is 11.0. The van der Waals surface area contributed by atoms with Crippen molar-refractivity contribution in [3.63, 3.8) is 0 Å². The van der Waals surface area contributed by atoms with Crippen LogP contribution >= 0.6 is 0 Å². The van der Waals surface area contributed by atoms with Crippen LogP contribution in [-0.4, -0.2) is 50.6 Å². The van der Waals surface area contributed by atoms with Crippen LogP contribution in [0.2, 0.25) is 0 Å². The minimum Gasteiger partial charge on any atom is -0.332 e. The van der Waals surface area contributed by atoms with E-state index >= 15 is 0 Å². The third-order valence-corrected chi connectivity index (χ3v) is 4.44. The maximum atomic E-state index is 13.2. The van der Waals surface area contributed by atoms with Crippen molar-refractivity contribution in [2.75, 3.05) is 13.1 Å². The highest BCUT2D eigenvalue weighted by atomic mass is 19.3. The van der Waals surface area contributed by atoms with Gasteiger partial charge in [-0.05, 0) is 12.8 Å². The summed E-state index contributed by atoms with van der Waals surface area (Å²) < 4.78 is 28.5. The van der Waals surface area contributed by atoms with Crippen molar-refractivity contribution < 1.29 is 13.6 Å². The molecule has 1 aliphatic carbocycles. The Bertz CT molecular complexity index is 583. The first-order valence-corrected chi connectivity index (χ1v) is 7.35. The molecule has 114 valence electrons. The van der Waals surface area contributed by atoms with E-state index in [2.05, 4.69) is 20.1 Å². The molecular formula is C13H17F2N5O. The summed E-state index contributed by atoms with van der Waals surface area (Å²) in [5.41, 5.74) is 0. The number of nitrogens with zero attached hydrogens (tertiary/aromatic N) is 4. The van der Waals surface area contributed by atoms with E-state index in [0.717, 1.165) is 24.5 Å². The molecule has 1 aromatic heterocycles. The summed E-state index contributed by atoms with van der Waals surface area (Å²) >= 11 is 0. The van der Waals surface area contributed by atoms with Gasteiger partial charge in [-0.25, -0.2) is 8.78 Å². The Kier molecular flexibility index (Phi) is 2.79. The van der Waals surface area contributed by atoms with Gasteiger partial charge in [0.2, 0.25) is 5.91 Å². The third kappa shape index (κ3) is 2.31. The van der Waals surface area contributed by atoms with Gasteiger partial charge in [-0.1, -0.05) is 0 Å². The second-order valence-electron chi connectivity index (χ2n) is 6.15. The number of nitrogens with one attached hydrogen (secondary N) is 1. The van der Waals surface area contributed by atoms with Gasteiger partial charge < -0.3 is 9.47 Å². The summed E-state index contributed by atoms with van der Waals surface area (Å²) in [6, 6.07) is -0.780. The summed E-state index contributed by atoms with van der Waals surface area (Å²) in [5.74, 6) is -0.739. The van der Waals surface area contributed by atoms with E-state index in [1.54, 1.807) is 4.90 Å². The van der Waals surface area contributed by atoms with E-state index in [-0.39, 0.29) is 5.91 Å². The number of amides is 1. The number of halogens is 2. The molecule has 8 heteroatoms. The Morgan fingerprint density at radius 3 is 2.76 bits per heavy atom. The molecule has 1 N–H and O–H groups in total. The molecule has 3 aliphatic rings. The number of fused-ring (bicyclic) bond motifs is 1. The molecule has 3 heterocycles. The molecule has 1 saturated heterocycles. The van der Waals surface area contributed by atoms with E-state index in [1.165, 1.54) is 0 Å². The normalized spacial score (nSPS) is 27.7. The molecule has 1 atom stereocenters. The SMILES string of the molecule is O=C(C1CC(F)(F)CN1)N1CCn2c(nnc2C2CC2)C1. The van der Waals surface area contributed by atoms with E-state index in [1.807, 2.05) is 0 Å². The molecule has 0 aromatic carbocycles. The molecule has 0 bridgehead atoms. The second-order valence-corrected chi connectivity index (χ2v) is 6.15. The molecular weight excluding hydrogens is 280 g/mol. The van der Waals surface area contributed by atoms with Gasteiger partial charge >= 0.3 is 0 Å². The second kappa shape index (κ2) is 4.46. The number of alkyl halides is 2. The fraction of sp³-hybridized carbons (Fsp3) is 0.769. The topological polar surface area (TPSA) is 63.1 Å². The molecule has 6 nitrogen and oxygen atoms in total. The minimum atomic E-state index is -2.78. The zero-order chi connectivity index (χ0) is 14.6. The van der Waals surface area contributed by atoms with Gasteiger partial charge in [-0.2, -0.15) is 0 Å². The Balaban J connectivity index is 1.47. The van der Waals surface area contributed by atoms with E-state index < -0.39 is 24.9 Å². The standard InChI is InChI=1S/C13H17F2N5O/c14-13(15)5-9(16-7-13)12(21)19-3-4-20-10(6-19)17-18-11(20)8-1-2-8/h8-9,16H,1-7H2. The van der Waals surface area contributed by atoms with Gasteiger partial charge in [0.05, 0.1) is 19.1 Å². The summed E-state index contributed by atoms with van der Waals surface area (Å²) in [6.45, 7) is 1.14. The number of carbonyl (C=O) groups is 1. The van der Waals surface area contributed by atoms with Crippen molar-refractivity contribution in [3.8, 4) is 0 Å². The summed E-state index contributed by atoms with van der Waals surface area (Å²) in [4.78, 5) is 13.9. The van der Waals surface area contributed by atoms with Crippen LogP contribution in [-0.2, 0) is 17.9 Å². The Hall–Kier alpha value is -1.57. The Morgan fingerprint density at radius 1 is 1.29 bits per heavy atom. The lowest BCUT2D eigenvalue weighted by atomic mass is 10.1. The number of hydrogen-bond donors (Lipinski definition) is 1. The number of aromatic nitrogens is 3. The average molecular weight is 297 g/mol. The van der Waals surface area contributed by atoms with Crippen molar-refractivity contribution >= 4 is 5.91 Å². The molecule has 0 radical (unpaired) electrons. The van der Waals surface area contributed by atoms with E-state index in [4.69, 9.17) is 0 Å². The van der Waals surface area contributed by atoms with Gasteiger partial charge in [-0.3, -0.25) is 10.1 Å². The van der Waals surface area contributed by atoms with Gasteiger partial charge in [0, 0.05) is 25.4 Å². The lowest BCUT2D eigenvalue weighted by molar-refractivity contribution is -0.135. The van der Waals surface area contributed by atoms with Crippen LogP contribution < -0.4 is 5.32 Å². The van der Waals surface area contributed by atoms with Crippen LogP contribution in [0.25, 0.3) is 0 Å². The minimum absolute atomic E-state index is 0.255. The van der Waals surface area contributed by atoms with Gasteiger partial charge in [-0.15, -0.1) is 10.2 Å². The number of rotatable bonds is 2. The van der Waals surface area contributed by atoms with Crippen LogP contribution in [0.4, 0.5) is 8.78 Å². The van der Waals surface area contributed by atoms with Crippen LogP contribution in [0.15, 0.2) is 0 Å². The van der Waals surface area contributed by atoms with Crippen molar-refractivity contribution in [3.05, 3.63) is 11.6 Å². The first-order chi connectivity index (χ1) is 10.0. The van der Waals surface area contributed by atoms with Crippen molar-refractivity contribution in [2.24, 2.45) is 0 Å². The monoisotopic (exact) mass is 297 g/mol. The molecule has 1 unspecified atom stereocenters. The molecule has 21 heavy (non-hydrogen) atoms. The maximum Gasteiger partial charge on any atom is 0.262 e. The predicted molar refractivity (Wildman–Crippen MR) is 68.8 cm³/mol. The molecule has 4 rings (SSSR count). The van der Waals surface area contributed by atoms with Crippen molar-refractivity contribution in [1.82, 2.24) is 25.0 Å². The zero-order valence-electron chi connectivity index (χ0n) is 11.6. The summed E-state index contributed by atoms with van der Waals surface area (Å²) in [6.07, 6.45) is 1.89. The highest BCUT2D eigenvalue weighted by Crippen LogP contribution is 2.39. The molecule has 1 saturated carbocycles.